The van der Waals surface area contributed by atoms with Crippen LogP contribution in [0.15, 0.2) is 42.5 Å². The first kappa shape index (κ1) is 20.6. The maximum Gasteiger partial charge on any atom is 0.229 e. The van der Waals surface area contributed by atoms with Gasteiger partial charge in [-0.25, -0.2) is 0 Å². The molecule has 2 aromatic rings. The molecule has 1 fully saturated rings. The molecule has 4 rings (SSSR count). The fourth-order valence-electron chi connectivity index (χ4n) is 3.55. The van der Waals surface area contributed by atoms with E-state index in [2.05, 4.69) is 0 Å². The van der Waals surface area contributed by atoms with Crippen molar-refractivity contribution in [3.05, 3.63) is 53.6 Å². The fourth-order valence-corrected chi connectivity index (χ4v) is 3.55. The third kappa shape index (κ3) is 3.85. The van der Waals surface area contributed by atoms with E-state index in [0.29, 0.717) is 5.56 Å². The molecule has 30 heavy (non-hydrogen) atoms. The van der Waals surface area contributed by atoms with Crippen LogP contribution in [0, 0.1) is 0 Å². The molecular weight excluding hydrogens is 396 g/mol. The Morgan fingerprint density at radius 3 is 2.43 bits per heavy atom. The number of phenols is 1. The first-order valence-electron chi connectivity index (χ1n) is 9.47. The van der Waals surface area contributed by atoms with E-state index in [1.807, 2.05) is 0 Å². The van der Waals surface area contributed by atoms with Gasteiger partial charge in [0.1, 0.15) is 47.8 Å². The molecule has 9 heteroatoms. The molecule has 0 aliphatic carbocycles. The van der Waals surface area contributed by atoms with Crippen molar-refractivity contribution in [2.24, 2.45) is 0 Å². The van der Waals surface area contributed by atoms with Crippen LogP contribution in [0.5, 0.6) is 17.2 Å². The van der Waals surface area contributed by atoms with Crippen molar-refractivity contribution >= 4 is 5.78 Å². The van der Waals surface area contributed by atoms with Crippen LogP contribution in [0.1, 0.15) is 28.4 Å². The van der Waals surface area contributed by atoms with Crippen LogP contribution >= 0.6 is 0 Å². The van der Waals surface area contributed by atoms with Crippen LogP contribution in [0.25, 0.3) is 0 Å². The number of aliphatic hydroxyl groups is 4. The molecule has 0 unspecified atom stereocenters. The first-order valence-corrected chi connectivity index (χ1v) is 9.47. The Bertz CT molecular complexity index is 911. The maximum atomic E-state index is 12.5. The van der Waals surface area contributed by atoms with E-state index in [-0.39, 0.29) is 29.5 Å². The second-order valence-corrected chi connectivity index (χ2v) is 7.30. The number of aromatic hydroxyl groups is 1. The first-order chi connectivity index (χ1) is 14.4. The van der Waals surface area contributed by atoms with E-state index < -0.39 is 43.4 Å². The van der Waals surface area contributed by atoms with Gasteiger partial charge in [-0.3, -0.25) is 4.79 Å². The normalized spacial score (nSPS) is 31.0. The second-order valence-electron chi connectivity index (χ2n) is 7.30. The summed E-state index contributed by atoms with van der Waals surface area (Å²) >= 11 is 0. The zero-order chi connectivity index (χ0) is 21.4. The lowest BCUT2D eigenvalue weighted by Gasteiger charge is -2.39. The zero-order valence-electron chi connectivity index (χ0n) is 15.8. The lowest BCUT2D eigenvalue weighted by Crippen LogP contribution is -2.60. The van der Waals surface area contributed by atoms with Gasteiger partial charge in [-0.05, 0) is 29.8 Å². The molecule has 0 amide bonds. The van der Waals surface area contributed by atoms with Crippen molar-refractivity contribution in [1.29, 1.82) is 0 Å². The Kier molecular flexibility index (Phi) is 5.63. The molecule has 1 saturated heterocycles. The highest BCUT2D eigenvalue weighted by Crippen LogP contribution is 2.38. The van der Waals surface area contributed by atoms with Crippen LogP contribution in [-0.4, -0.2) is 68.6 Å². The van der Waals surface area contributed by atoms with E-state index in [1.54, 1.807) is 12.1 Å². The number of hydrogen-bond donors (Lipinski definition) is 5. The maximum absolute atomic E-state index is 12.5. The number of fused-ring (bicyclic) bond motifs is 1. The van der Waals surface area contributed by atoms with Gasteiger partial charge in [0.25, 0.3) is 0 Å². The van der Waals surface area contributed by atoms with Gasteiger partial charge in [0.15, 0.2) is 5.78 Å². The van der Waals surface area contributed by atoms with Gasteiger partial charge >= 0.3 is 0 Å². The SMILES string of the molecule is O=C1C[C@@H](c2ccc(O)cc2)Oc2cc(O[C@@H]3O[C@H](CO)[C@@H](O)[C@H](O)[C@H]3O)ccc21. The number of rotatable bonds is 4. The summed E-state index contributed by atoms with van der Waals surface area (Å²) in [6, 6.07) is 10.9. The number of hydrogen-bond acceptors (Lipinski definition) is 9. The summed E-state index contributed by atoms with van der Waals surface area (Å²) < 4.78 is 16.9. The summed E-state index contributed by atoms with van der Waals surface area (Å²) in [5.41, 5.74) is 1.11. The molecule has 2 aliphatic heterocycles. The Hall–Kier alpha value is -2.69. The van der Waals surface area contributed by atoms with Crippen molar-refractivity contribution in [1.82, 2.24) is 0 Å². The fraction of sp³-hybridized carbons (Fsp3) is 0.381. The molecule has 2 heterocycles. The topological polar surface area (TPSA) is 146 Å². The molecule has 0 aromatic heterocycles. The smallest absolute Gasteiger partial charge is 0.229 e. The van der Waals surface area contributed by atoms with Crippen LogP contribution in [0.3, 0.4) is 0 Å². The predicted molar refractivity (Wildman–Crippen MR) is 101 cm³/mol. The minimum Gasteiger partial charge on any atom is -0.508 e. The number of ether oxygens (including phenoxy) is 3. The zero-order valence-corrected chi connectivity index (χ0v) is 15.8. The van der Waals surface area contributed by atoms with Crippen LogP contribution < -0.4 is 9.47 Å². The Morgan fingerprint density at radius 2 is 1.73 bits per heavy atom. The number of phenolic OH excluding ortho intramolecular Hbond substituents is 1. The number of ketones is 1. The van der Waals surface area contributed by atoms with E-state index in [0.717, 1.165) is 5.56 Å². The summed E-state index contributed by atoms with van der Waals surface area (Å²) in [4.78, 5) is 12.5. The lowest BCUT2D eigenvalue weighted by atomic mass is 9.96. The molecule has 2 aliphatic rings. The standard InChI is InChI=1S/C21H22O9/c22-9-17-18(25)19(26)20(27)21(30-17)28-12-5-6-13-14(24)8-15(29-16(13)7-12)10-1-3-11(23)4-2-10/h1-7,15,17-23,25-27H,8-9H2/t15-,17+,18+,19-,20+,21+/m0/s1. The van der Waals surface area contributed by atoms with Gasteiger partial charge in [-0.1, -0.05) is 12.1 Å². The average molecular weight is 418 g/mol. The summed E-state index contributed by atoms with van der Waals surface area (Å²) in [6.45, 7) is -0.569. The molecule has 0 radical (unpaired) electrons. The van der Waals surface area contributed by atoms with Crippen molar-refractivity contribution in [2.45, 2.75) is 43.2 Å². The minimum absolute atomic E-state index is 0.108. The monoisotopic (exact) mass is 418 g/mol. The number of carbonyl (C=O) groups is 1. The third-order valence-electron chi connectivity index (χ3n) is 5.26. The highest BCUT2D eigenvalue weighted by molar-refractivity contribution is 6.00. The summed E-state index contributed by atoms with van der Waals surface area (Å²) in [6.07, 6.45) is -7.42. The van der Waals surface area contributed by atoms with Crippen LogP contribution in [0.2, 0.25) is 0 Å². The number of benzene rings is 2. The Balaban J connectivity index is 1.54. The van der Waals surface area contributed by atoms with Crippen molar-refractivity contribution in [3.8, 4) is 17.2 Å². The second kappa shape index (κ2) is 8.21. The molecule has 0 spiro atoms. The lowest BCUT2D eigenvalue weighted by molar-refractivity contribution is -0.277. The number of aliphatic hydroxyl groups excluding tert-OH is 4. The molecule has 5 N–H and O–H groups in total. The summed E-state index contributed by atoms with van der Waals surface area (Å²) in [5, 5.41) is 48.6. The van der Waals surface area contributed by atoms with E-state index in [9.17, 15) is 30.3 Å². The molecule has 9 nitrogen and oxygen atoms in total. The summed E-state index contributed by atoms with van der Waals surface area (Å²) in [7, 11) is 0. The minimum atomic E-state index is -1.56. The molecular formula is C21H22O9. The highest BCUT2D eigenvalue weighted by atomic mass is 16.7. The highest BCUT2D eigenvalue weighted by Gasteiger charge is 2.44. The molecule has 2 aromatic carbocycles. The molecule has 0 saturated carbocycles. The van der Waals surface area contributed by atoms with Crippen LogP contribution in [0.4, 0.5) is 0 Å². The van der Waals surface area contributed by atoms with Crippen molar-refractivity contribution in [3.63, 3.8) is 0 Å². The number of carbonyl (C=O) groups excluding carboxylic acids is 1. The van der Waals surface area contributed by atoms with Gasteiger partial charge in [-0.15, -0.1) is 0 Å². The van der Waals surface area contributed by atoms with E-state index in [1.165, 1.54) is 30.3 Å². The quantitative estimate of drug-likeness (QED) is 0.472. The summed E-state index contributed by atoms with van der Waals surface area (Å²) in [5.74, 6) is 0.480. The largest absolute Gasteiger partial charge is 0.508 e. The Morgan fingerprint density at radius 1 is 1.00 bits per heavy atom. The van der Waals surface area contributed by atoms with Gasteiger partial charge < -0.3 is 39.7 Å². The van der Waals surface area contributed by atoms with Gasteiger partial charge in [-0.2, -0.15) is 0 Å². The number of Topliss-reactive ketones (excluding diaryl/α,β-unsaturated/α-hetero) is 1. The predicted octanol–water partition coefficient (Wildman–Crippen LogP) is 0.277. The average Bonchev–Trinajstić information content (AvgIpc) is 2.74. The van der Waals surface area contributed by atoms with E-state index in [4.69, 9.17) is 14.2 Å². The van der Waals surface area contributed by atoms with Gasteiger partial charge in [0, 0.05) is 6.07 Å². The van der Waals surface area contributed by atoms with Gasteiger partial charge in [0.2, 0.25) is 6.29 Å². The van der Waals surface area contributed by atoms with Crippen molar-refractivity contribution < 1.29 is 44.5 Å². The molecule has 0 bridgehead atoms. The van der Waals surface area contributed by atoms with Crippen LogP contribution in [-0.2, 0) is 4.74 Å². The third-order valence-corrected chi connectivity index (χ3v) is 5.26. The Labute approximate surface area is 171 Å². The van der Waals surface area contributed by atoms with Gasteiger partial charge in [0.05, 0.1) is 18.6 Å². The van der Waals surface area contributed by atoms with Crippen molar-refractivity contribution in [2.75, 3.05) is 6.61 Å². The van der Waals surface area contributed by atoms with E-state index >= 15 is 0 Å². The molecule has 160 valence electrons. The molecule has 6 atom stereocenters.